The van der Waals surface area contributed by atoms with E-state index in [-0.39, 0.29) is 21.2 Å². The maximum atomic E-state index is 10.7. The molecule has 1 heterocycles. The first-order chi connectivity index (χ1) is 15.8. The van der Waals surface area contributed by atoms with Gasteiger partial charge in [-0.1, -0.05) is 0 Å². The van der Waals surface area contributed by atoms with Crippen LogP contribution in [0.1, 0.15) is 12.8 Å². The van der Waals surface area contributed by atoms with E-state index < -0.39 is 0 Å². The lowest BCUT2D eigenvalue weighted by Crippen LogP contribution is -2.57. The number of anilines is 2. The van der Waals surface area contributed by atoms with Crippen molar-refractivity contribution in [1.82, 2.24) is 4.90 Å². The summed E-state index contributed by atoms with van der Waals surface area (Å²) in [4.78, 5) is 23.2. The van der Waals surface area contributed by atoms with Gasteiger partial charge in [0.25, 0.3) is 11.4 Å². The molecule has 3 rings (SSSR count). The third-order valence-electron chi connectivity index (χ3n) is 6.25. The quantitative estimate of drug-likeness (QED) is 0.217. The Kier molecular flexibility index (Phi) is 8.56. The zero-order valence-corrected chi connectivity index (χ0v) is 19.1. The largest absolute Gasteiger partial charge is 0.385 e. The van der Waals surface area contributed by atoms with Crippen LogP contribution in [-0.4, -0.2) is 78.6 Å². The first-order valence-electron chi connectivity index (χ1n) is 11.4. The minimum absolute atomic E-state index is 0.108. The summed E-state index contributed by atoms with van der Waals surface area (Å²) in [6.45, 7) is 8.28. The molecule has 1 fully saturated rings. The number of quaternary nitrogens is 1. The van der Waals surface area contributed by atoms with Crippen LogP contribution in [0.2, 0.25) is 0 Å². The van der Waals surface area contributed by atoms with E-state index in [0.29, 0.717) is 0 Å². The molecule has 0 radical (unpaired) electrons. The van der Waals surface area contributed by atoms with Crippen molar-refractivity contribution in [3.63, 3.8) is 0 Å². The van der Waals surface area contributed by atoms with Crippen LogP contribution < -0.4 is 10.6 Å². The minimum Gasteiger partial charge on any atom is -0.385 e. The number of nitrogens with one attached hydrogen (secondary N) is 2. The number of piperazine rings is 1. The Hall–Kier alpha value is -3.24. The SMILES string of the molecule is C[N+]1(CCCNc2ccc([N+](=O)[O-])cc2)CCN(CCCNc2ccc([N+](=O)[O-])cc2)CC1. The summed E-state index contributed by atoms with van der Waals surface area (Å²) in [5.74, 6) is 0. The van der Waals surface area contributed by atoms with Gasteiger partial charge in [0.15, 0.2) is 0 Å². The highest BCUT2D eigenvalue weighted by Gasteiger charge is 2.27. The van der Waals surface area contributed by atoms with E-state index in [0.717, 1.165) is 81.1 Å². The first kappa shape index (κ1) is 24.4. The van der Waals surface area contributed by atoms with Crippen LogP contribution >= 0.6 is 0 Å². The van der Waals surface area contributed by atoms with Gasteiger partial charge in [-0.05, 0) is 30.7 Å². The first-order valence-corrected chi connectivity index (χ1v) is 11.4. The van der Waals surface area contributed by atoms with Crippen LogP contribution in [0, 0.1) is 20.2 Å². The summed E-state index contributed by atoms with van der Waals surface area (Å²) in [6.07, 6.45) is 2.08. The molecular weight excluding hydrogens is 424 g/mol. The Morgan fingerprint density at radius 3 is 1.73 bits per heavy atom. The molecule has 178 valence electrons. The zero-order valence-electron chi connectivity index (χ0n) is 19.1. The predicted molar refractivity (Wildman–Crippen MR) is 130 cm³/mol. The van der Waals surface area contributed by atoms with Gasteiger partial charge in [-0.3, -0.25) is 25.1 Å². The summed E-state index contributed by atoms with van der Waals surface area (Å²) in [6, 6.07) is 13.1. The third kappa shape index (κ3) is 7.69. The number of nitro benzene ring substituents is 2. The number of non-ortho nitro benzene ring substituents is 2. The van der Waals surface area contributed by atoms with E-state index >= 15 is 0 Å². The average Bonchev–Trinajstić information content (AvgIpc) is 2.81. The second-order valence-electron chi connectivity index (χ2n) is 8.80. The average molecular weight is 458 g/mol. The van der Waals surface area contributed by atoms with Crippen molar-refractivity contribution in [2.24, 2.45) is 0 Å². The van der Waals surface area contributed by atoms with Gasteiger partial charge in [-0.15, -0.1) is 0 Å². The third-order valence-corrected chi connectivity index (χ3v) is 6.25. The van der Waals surface area contributed by atoms with Crippen molar-refractivity contribution >= 4 is 22.7 Å². The standard InChI is InChI=1S/C23H33N6O4/c1-29(17-3-13-25-21-6-10-23(11-7-21)28(32)33)18-15-26(16-19-29)14-2-12-24-20-4-8-22(9-5-20)27(30)31/h4-11,24-25H,2-3,12-19H2,1H3/q+1. The fourth-order valence-corrected chi connectivity index (χ4v) is 4.07. The van der Waals surface area contributed by atoms with Crippen molar-refractivity contribution < 1.29 is 14.3 Å². The fourth-order valence-electron chi connectivity index (χ4n) is 4.07. The molecule has 33 heavy (non-hydrogen) atoms. The van der Waals surface area contributed by atoms with E-state index in [1.807, 2.05) is 0 Å². The van der Waals surface area contributed by atoms with Crippen molar-refractivity contribution in [2.45, 2.75) is 12.8 Å². The van der Waals surface area contributed by atoms with Crippen LogP contribution in [0.25, 0.3) is 0 Å². The van der Waals surface area contributed by atoms with Gasteiger partial charge in [0, 0.05) is 74.8 Å². The zero-order chi connectivity index (χ0) is 23.7. The summed E-state index contributed by atoms with van der Waals surface area (Å²) >= 11 is 0. The number of hydrogen-bond acceptors (Lipinski definition) is 7. The number of nitrogens with zero attached hydrogens (tertiary/aromatic N) is 4. The Bertz CT molecular complexity index is 912. The van der Waals surface area contributed by atoms with Crippen LogP contribution in [0.15, 0.2) is 48.5 Å². The molecule has 2 aromatic carbocycles. The molecule has 2 N–H and O–H groups in total. The van der Waals surface area contributed by atoms with Gasteiger partial charge in [-0.25, -0.2) is 0 Å². The Morgan fingerprint density at radius 1 is 0.818 bits per heavy atom. The van der Waals surface area contributed by atoms with Gasteiger partial charge in [0.2, 0.25) is 0 Å². The van der Waals surface area contributed by atoms with E-state index in [9.17, 15) is 20.2 Å². The van der Waals surface area contributed by atoms with Crippen LogP contribution in [-0.2, 0) is 0 Å². The molecule has 0 spiro atoms. The monoisotopic (exact) mass is 457 g/mol. The van der Waals surface area contributed by atoms with E-state index in [2.05, 4.69) is 22.6 Å². The van der Waals surface area contributed by atoms with Gasteiger partial charge >= 0.3 is 0 Å². The topological polar surface area (TPSA) is 114 Å². The van der Waals surface area contributed by atoms with Gasteiger partial charge < -0.3 is 15.1 Å². The van der Waals surface area contributed by atoms with Crippen LogP contribution in [0.3, 0.4) is 0 Å². The van der Waals surface area contributed by atoms with E-state index in [1.54, 1.807) is 24.3 Å². The highest BCUT2D eigenvalue weighted by Crippen LogP contribution is 2.17. The Balaban J connectivity index is 1.27. The molecule has 0 amide bonds. The lowest BCUT2D eigenvalue weighted by atomic mass is 10.2. The van der Waals surface area contributed by atoms with Crippen molar-refractivity contribution in [2.75, 3.05) is 70.0 Å². The molecule has 0 atom stereocenters. The lowest BCUT2D eigenvalue weighted by Gasteiger charge is -2.42. The summed E-state index contributed by atoms with van der Waals surface area (Å²) in [5.41, 5.74) is 2.04. The molecule has 0 unspecified atom stereocenters. The molecule has 2 aromatic rings. The Labute approximate surface area is 194 Å². The number of benzene rings is 2. The summed E-state index contributed by atoms with van der Waals surface area (Å²) in [5, 5.41) is 28.1. The van der Waals surface area contributed by atoms with Gasteiger partial charge in [0.1, 0.15) is 0 Å². The minimum atomic E-state index is -0.387. The van der Waals surface area contributed by atoms with E-state index in [4.69, 9.17) is 0 Å². The summed E-state index contributed by atoms with van der Waals surface area (Å²) < 4.78 is 1.07. The molecule has 1 aliphatic heterocycles. The molecule has 0 aromatic heterocycles. The molecule has 1 saturated heterocycles. The van der Waals surface area contributed by atoms with Crippen molar-refractivity contribution in [1.29, 1.82) is 0 Å². The highest BCUT2D eigenvalue weighted by molar-refractivity contribution is 5.49. The maximum absolute atomic E-state index is 10.7. The molecule has 0 saturated carbocycles. The van der Waals surface area contributed by atoms with Crippen LogP contribution in [0.4, 0.5) is 22.7 Å². The second kappa shape index (κ2) is 11.6. The fraction of sp³-hybridized carbons (Fsp3) is 0.478. The lowest BCUT2D eigenvalue weighted by molar-refractivity contribution is -0.913. The van der Waals surface area contributed by atoms with Crippen molar-refractivity contribution in [3.05, 3.63) is 68.8 Å². The van der Waals surface area contributed by atoms with Crippen LogP contribution in [0.5, 0.6) is 0 Å². The second-order valence-corrected chi connectivity index (χ2v) is 8.80. The molecule has 0 aliphatic carbocycles. The summed E-state index contributed by atoms with van der Waals surface area (Å²) in [7, 11) is 2.32. The number of nitro groups is 2. The molecule has 10 heteroatoms. The number of likely N-dealkylation sites (N-methyl/N-ethyl adjacent to an activating group) is 1. The number of hydrogen-bond donors (Lipinski definition) is 2. The molecule has 1 aliphatic rings. The Morgan fingerprint density at radius 2 is 1.27 bits per heavy atom. The molecule has 10 nitrogen and oxygen atoms in total. The predicted octanol–water partition coefficient (Wildman–Crippen LogP) is 3.57. The molecule has 0 bridgehead atoms. The maximum Gasteiger partial charge on any atom is 0.269 e. The number of rotatable bonds is 12. The smallest absolute Gasteiger partial charge is 0.269 e. The normalized spacial score (nSPS) is 15.7. The highest BCUT2D eigenvalue weighted by atomic mass is 16.6. The van der Waals surface area contributed by atoms with E-state index in [1.165, 1.54) is 24.3 Å². The molecular formula is C23H33N6O4+. The van der Waals surface area contributed by atoms with Crippen molar-refractivity contribution in [3.8, 4) is 0 Å². The van der Waals surface area contributed by atoms with Gasteiger partial charge in [-0.2, -0.15) is 0 Å². The van der Waals surface area contributed by atoms with Gasteiger partial charge in [0.05, 0.1) is 36.5 Å².